The Kier molecular flexibility index (Phi) is 4.26. The molecule has 22 heavy (non-hydrogen) atoms. The van der Waals surface area contributed by atoms with Gasteiger partial charge >= 0.3 is 0 Å². The van der Waals surface area contributed by atoms with Crippen LogP contribution >= 0.6 is 11.6 Å². The minimum absolute atomic E-state index is 0.699. The highest BCUT2D eigenvalue weighted by atomic mass is 35.5. The molecule has 1 N–H and O–H groups in total. The van der Waals surface area contributed by atoms with E-state index in [1.165, 1.54) is 0 Å². The number of methoxy groups -OCH3 is 1. The molecule has 0 aliphatic rings. The van der Waals surface area contributed by atoms with Gasteiger partial charge in [0.05, 0.1) is 19.0 Å². The molecule has 0 aliphatic carbocycles. The number of fused-ring (bicyclic) bond motifs is 1. The summed E-state index contributed by atoms with van der Waals surface area (Å²) in [6, 6.07) is 19.5. The van der Waals surface area contributed by atoms with E-state index in [1.807, 2.05) is 48.5 Å². The normalized spacial score (nSPS) is 11.0. The van der Waals surface area contributed by atoms with Crippen LogP contribution in [-0.2, 0) is 0 Å². The molecule has 3 nitrogen and oxygen atoms in total. The van der Waals surface area contributed by atoms with Crippen molar-refractivity contribution in [3.05, 3.63) is 71.2 Å². The summed E-state index contributed by atoms with van der Waals surface area (Å²) in [5.41, 5.74) is 4.81. The molecule has 0 fully saturated rings. The summed E-state index contributed by atoms with van der Waals surface area (Å²) >= 11 is 5.86. The zero-order valence-electron chi connectivity index (χ0n) is 12.1. The van der Waals surface area contributed by atoms with E-state index in [4.69, 9.17) is 16.3 Å². The maximum atomic E-state index is 5.86. The third kappa shape index (κ3) is 3.05. The molecule has 0 radical (unpaired) electrons. The maximum Gasteiger partial charge on any atom is 0.128 e. The fourth-order valence-electron chi connectivity index (χ4n) is 2.28. The molecule has 3 aromatic carbocycles. The number of hydrazone groups is 1. The summed E-state index contributed by atoms with van der Waals surface area (Å²) in [6.45, 7) is 0. The molecule has 0 unspecified atom stereocenters. The second-order valence-electron chi connectivity index (χ2n) is 4.78. The molecule has 0 bridgehead atoms. The van der Waals surface area contributed by atoms with Crippen LogP contribution in [0.5, 0.6) is 5.75 Å². The van der Waals surface area contributed by atoms with Crippen molar-refractivity contribution < 1.29 is 4.74 Å². The second kappa shape index (κ2) is 6.50. The lowest BCUT2D eigenvalue weighted by atomic mass is 10.0. The number of rotatable bonds is 4. The molecule has 110 valence electrons. The first-order chi connectivity index (χ1) is 10.8. The number of ether oxygens (including phenoxy) is 1. The lowest BCUT2D eigenvalue weighted by Gasteiger charge is -2.08. The van der Waals surface area contributed by atoms with Crippen molar-refractivity contribution in [1.82, 2.24) is 0 Å². The molecular formula is C18H15ClN2O. The quantitative estimate of drug-likeness (QED) is 0.546. The van der Waals surface area contributed by atoms with Crippen molar-refractivity contribution in [3.63, 3.8) is 0 Å². The molecule has 0 atom stereocenters. The van der Waals surface area contributed by atoms with Gasteiger partial charge in [0.2, 0.25) is 0 Å². The van der Waals surface area contributed by atoms with Crippen molar-refractivity contribution in [2.24, 2.45) is 5.10 Å². The number of benzene rings is 3. The molecule has 0 aliphatic heterocycles. The zero-order valence-corrected chi connectivity index (χ0v) is 12.8. The summed E-state index contributed by atoms with van der Waals surface area (Å²) < 4.78 is 5.44. The Balaban J connectivity index is 1.91. The first kappa shape index (κ1) is 14.4. The minimum atomic E-state index is 0.699. The summed E-state index contributed by atoms with van der Waals surface area (Å²) in [5.74, 6) is 0.792. The molecule has 0 saturated carbocycles. The number of anilines is 1. The molecule has 0 heterocycles. The summed E-state index contributed by atoms with van der Waals surface area (Å²) in [7, 11) is 1.66. The third-order valence-corrected chi connectivity index (χ3v) is 3.63. The van der Waals surface area contributed by atoms with Gasteiger partial charge in [-0.15, -0.1) is 0 Å². The van der Waals surface area contributed by atoms with Gasteiger partial charge in [0.15, 0.2) is 0 Å². The molecule has 3 rings (SSSR count). The number of halogens is 1. The molecule has 0 aromatic heterocycles. The minimum Gasteiger partial charge on any atom is -0.496 e. The average Bonchev–Trinajstić information content (AvgIpc) is 2.56. The van der Waals surface area contributed by atoms with Crippen LogP contribution in [0.3, 0.4) is 0 Å². The van der Waals surface area contributed by atoms with E-state index in [2.05, 4.69) is 22.7 Å². The highest BCUT2D eigenvalue weighted by molar-refractivity contribution is 6.30. The van der Waals surface area contributed by atoms with Crippen LogP contribution in [0.2, 0.25) is 5.02 Å². The monoisotopic (exact) mass is 310 g/mol. The molecule has 0 saturated heterocycles. The standard InChI is InChI=1S/C18H15ClN2O/c1-22-18-11-6-13-4-2-3-5-16(13)17(18)12-20-21-15-9-7-14(19)8-10-15/h2-12,21H,1H3/b20-12+. The number of hydrogen-bond donors (Lipinski definition) is 1. The van der Waals surface area contributed by atoms with Gasteiger partial charge < -0.3 is 4.74 Å². The average molecular weight is 311 g/mol. The molecule has 4 heteroatoms. The first-order valence-corrected chi connectivity index (χ1v) is 7.26. The SMILES string of the molecule is COc1ccc2ccccc2c1/C=N/Nc1ccc(Cl)cc1. The van der Waals surface area contributed by atoms with Crippen molar-refractivity contribution in [1.29, 1.82) is 0 Å². The number of nitrogens with one attached hydrogen (secondary N) is 1. The van der Waals surface area contributed by atoms with Crippen LogP contribution in [0.1, 0.15) is 5.56 Å². The van der Waals surface area contributed by atoms with Crippen LogP contribution in [0.4, 0.5) is 5.69 Å². The topological polar surface area (TPSA) is 33.6 Å². The fraction of sp³-hybridized carbons (Fsp3) is 0.0556. The highest BCUT2D eigenvalue weighted by Crippen LogP contribution is 2.26. The summed E-state index contributed by atoms with van der Waals surface area (Å²) in [4.78, 5) is 0. The molecule has 0 spiro atoms. The van der Waals surface area contributed by atoms with Gasteiger partial charge in [-0.05, 0) is 41.1 Å². The van der Waals surface area contributed by atoms with Crippen LogP contribution < -0.4 is 10.2 Å². The van der Waals surface area contributed by atoms with Crippen LogP contribution in [0, 0.1) is 0 Å². The molecular weight excluding hydrogens is 296 g/mol. The smallest absolute Gasteiger partial charge is 0.128 e. The maximum absolute atomic E-state index is 5.86. The van der Waals surface area contributed by atoms with E-state index in [0.717, 1.165) is 27.8 Å². The largest absolute Gasteiger partial charge is 0.496 e. The van der Waals surface area contributed by atoms with Crippen LogP contribution in [0.15, 0.2) is 65.8 Å². The van der Waals surface area contributed by atoms with E-state index >= 15 is 0 Å². The Labute approximate surface area is 134 Å². The van der Waals surface area contributed by atoms with E-state index < -0.39 is 0 Å². The lowest BCUT2D eigenvalue weighted by molar-refractivity contribution is 0.415. The van der Waals surface area contributed by atoms with Gasteiger partial charge in [-0.1, -0.05) is 41.9 Å². The van der Waals surface area contributed by atoms with Gasteiger partial charge in [-0.25, -0.2) is 0 Å². The van der Waals surface area contributed by atoms with E-state index in [9.17, 15) is 0 Å². The Hall–Kier alpha value is -2.52. The van der Waals surface area contributed by atoms with Crippen molar-refractivity contribution in [2.75, 3.05) is 12.5 Å². The van der Waals surface area contributed by atoms with Crippen molar-refractivity contribution in [2.45, 2.75) is 0 Å². The van der Waals surface area contributed by atoms with Gasteiger partial charge in [0.25, 0.3) is 0 Å². The third-order valence-electron chi connectivity index (χ3n) is 3.38. The Morgan fingerprint density at radius 3 is 2.55 bits per heavy atom. The van der Waals surface area contributed by atoms with E-state index in [0.29, 0.717) is 5.02 Å². The number of nitrogens with zero attached hydrogens (tertiary/aromatic N) is 1. The Morgan fingerprint density at radius 2 is 1.77 bits per heavy atom. The molecule has 0 amide bonds. The van der Waals surface area contributed by atoms with Crippen molar-refractivity contribution in [3.8, 4) is 5.75 Å². The Morgan fingerprint density at radius 1 is 1.00 bits per heavy atom. The van der Waals surface area contributed by atoms with Gasteiger partial charge in [-0.3, -0.25) is 5.43 Å². The summed E-state index contributed by atoms with van der Waals surface area (Å²) in [6.07, 6.45) is 1.77. The lowest BCUT2D eigenvalue weighted by Crippen LogP contribution is -1.95. The first-order valence-electron chi connectivity index (χ1n) is 6.88. The van der Waals surface area contributed by atoms with Gasteiger partial charge in [0, 0.05) is 10.6 Å². The Bertz CT molecular complexity index is 813. The van der Waals surface area contributed by atoms with Crippen LogP contribution in [-0.4, -0.2) is 13.3 Å². The van der Waals surface area contributed by atoms with E-state index in [-0.39, 0.29) is 0 Å². The zero-order chi connectivity index (χ0) is 15.4. The van der Waals surface area contributed by atoms with Gasteiger partial charge in [-0.2, -0.15) is 5.10 Å². The highest BCUT2D eigenvalue weighted by Gasteiger charge is 2.05. The molecule has 3 aromatic rings. The van der Waals surface area contributed by atoms with Gasteiger partial charge in [0.1, 0.15) is 5.75 Å². The second-order valence-corrected chi connectivity index (χ2v) is 5.22. The van der Waals surface area contributed by atoms with Crippen molar-refractivity contribution >= 4 is 34.3 Å². The van der Waals surface area contributed by atoms with E-state index in [1.54, 1.807) is 13.3 Å². The predicted molar refractivity (Wildman–Crippen MR) is 93.2 cm³/mol. The number of hydrogen-bond acceptors (Lipinski definition) is 3. The predicted octanol–water partition coefficient (Wildman–Crippen LogP) is 4.95. The van der Waals surface area contributed by atoms with Crippen LogP contribution in [0.25, 0.3) is 10.8 Å². The summed E-state index contributed by atoms with van der Waals surface area (Å²) in [5, 5.41) is 7.25. The fourth-order valence-corrected chi connectivity index (χ4v) is 2.41.